The maximum atomic E-state index is 14.0. The van der Waals surface area contributed by atoms with Crippen LogP contribution in [-0.2, 0) is 19.4 Å². The summed E-state index contributed by atoms with van der Waals surface area (Å²) < 4.78 is 57.6. The first kappa shape index (κ1) is 28.6. The minimum atomic E-state index is -3.45. The third-order valence-electron chi connectivity index (χ3n) is 7.96. The average molecular weight is 551 g/mol. The molecule has 3 atom stereocenters. The summed E-state index contributed by atoms with van der Waals surface area (Å²) in [5.74, 6) is -1.23. The number of nitrogens with zero attached hydrogens (tertiary/aromatic N) is 2. The molecule has 10 heteroatoms. The Morgan fingerprint density at radius 2 is 1.79 bits per heavy atom. The van der Waals surface area contributed by atoms with Crippen LogP contribution >= 0.6 is 0 Å². The van der Waals surface area contributed by atoms with Crippen molar-refractivity contribution in [1.29, 1.82) is 0 Å². The number of piperidine rings is 1. The van der Waals surface area contributed by atoms with Gasteiger partial charge < -0.3 is 14.7 Å². The van der Waals surface area contributed by atoms with Gasteiger partial charge in [-0.15, -0.1) is 0 Å². The molecule has 2 aliphatic heterocycles. The molecule has 2 aromatic rings. The molecule has 0 unspecified atom stereocenters. The van der Waals surface area contributed by atoms with Crippen LogP contribution in [0.2, 0.25) is 0 Å². The third kappa shape index (κ3) is 7.16. The van der Waals surface area contributed by atoms with Crippen LogP contribution in [0.25, 0.3) is 0 Å². The minimum absolute atomic E-state index is 0.00276. The van der Waals surface area contributed by atoms with Crippen LogP contribution in [0, 0.1) is 23.5 Å². The molecule has 2 fully saturated rings. The van der Waals surface area contributed by atoms with Crippen LogP contribution < -0.4 is 0 Å². The van der Waals surface area contributed by atoms with Gasteiger partial charge in [0.05, 0.1) is 17.3 Å². The lowest BCUT2D eigenvalue weighted by Crippen LogP contribution is -2.44. The van der Waals surface area contributed by atoms with Crippen molar-refractivity contribution in [3.8, 4) is 0 Å². The third-order valence-corrected chi connectivity index (χ3v) is 9.73. The van der Waals surface area contributed by atoms with Crippen LogP contribution in [0.3, 0.4) is 0 Å². The van der Waals surface area contributed by atoms with Crippen molar-refractivity contribution in [1.82, 2.24) is 9.80 Å². The van der Waals surface area contributed by atoms with Gasteiger partial charge >= 0.3 is 5.97 Å². The smallest absolute Gasteiger partial charge is 0.323 e. The number of likely N-dealkylation sites (tertiary alicyclic amines) is 2. The van der Waals surface area contributed by atoms with Crippen LogP contribution in [0.15, 0.2) is 53.4 Å². The topological polar surface area (TPSA) is 87.2 Å². The maximum Gasteiger partial charge on any atom is 0.323 e. The second kappa shape index (κ2) is 12.6. The van der Waals surface area contributed by atoms with Gasteiger partial charge in [-0.2, -0.15) is 0 Å². The van der Waals surface area contributed by atoms with Crippen molar-refractivity contribution in [2.24, 2.45) is 11.8 Å². The second-order valence-electron chi connectivity index (χ2n) is 10.5. The molecule has 38 heavy (non-hydrogen) atoms. The number of sulfone groups is 1. The zero-order valence-corrected chi connectivity index (χ0v) is 22.5. The van der Waals surface area contributed by atoms with Crippen molar-refractivity contribution >= 4 is 15.8 Å². The van der Waals surface area contributed by atoms with E-state index in [1.54, 1.807) is 12.1 Å². The fourth-order valence-electron chi connectivity index (χ4n) is 5.82. The Balaban J connectivity index is 1.35. The highest BCUT2D eigenvalue weighted by Gasteiger charge is 2.40. The van der Waals surface area contributed by atoms with Crippen LogP contribution in [0.4, 0.5) is 8.78 Å². The summed E-state index contributed by atoms with van der Waals surface area (Å²) in [7, 11) is -1.96. The largest absolute Gasteiger partial charge is 0.480 e. The Kier molecular flexibility index (Phi) is 9.51. The highest BCUT2D eigenvalue weighted by atomic mass is 32.2. The van der Waals surface area contributed by atoms with E-state index in [1.165, 1.54) is 37.4 Å². The van der Waals surface area contributed by atoms with E-state index in [0.717, 1.165) is 38.0 Å². The maximum absolute atomic E-state index is 14.0. The summed E-state index contributed by atoms with van der Waals surface area (Å²) in [6.45, 7) is 3.60. The van der Waals surface area contributed by atoms with E-state index >= 15 is 0 Å². The van der Waals surface area contributed by atoms with E-state index in [1.807, 2.05) is 11.0 Å². The number of halogens is 2. The van der Waals surface area contributed by atoms with Crippen LogP contribution in [0.1, 0.15) is 30.7 Å². The van der Waals surface area contributed by atoms with Crippen molar-refractivity contribution in [3.63, 3.8) is 0 Å². The quantitative estimate of drug-likeness (QED) is 0.428. The summed E-state index contributed by atoms with van der Waals surface area (Å²) in [5, 5.41) is 9.74. The Labute approximate surface area is 223 Å². The molecule has 0 aliphatic carbocycles. The number of methoxy groups -OCH3 is 1. The fourth-order valence-corrected chi connectivity index (χ4v) is 7.25. The van der Waals surface area contributed by atoms with Gasteiger partial charge in [0.15, 0.2) is 9.84 Å². The van der Waals surface area contributed by atoms with E-state index in [9.17, 15) is 27.1 Å². The number of hydrogen-bond acceptors (Lipinski definition) is 6. The van der Waals surface area contributed by atoms with Gasteiger partial charge in [-0.25, -0.2) is 17.2 Å². The lowest BCUT2D eigenvalue weighted by molar-refractivity contribution is -0.144. The zero-order chi connectivity index (χ0) is 27.3. The molecule has 0 aromatic heterocycles. The molecule has 2 heterocycles. The van der Waals surface area contributed by atoms with Gasteiger partial charge in [0.2, 0.25) is 0 Å². The molecule has 1 N–H and O–H groups in total. The molecule has 2 saturated heterocycles. The number of carboxylic acids is 1. The van der Waals surface area contributed by atoms with E-state index < -0.39 is 27.7 Å². The average Bonchev–Trinajstić information content (AvgIpc) is 3.30. The SMILES string of the molecule is COC[C@H](C(=O)O)N1C[C@H](CN2CCC(CCS(=O)(=O)c3ccc(F)cc3)CC2)[C@@H](c2cccc(F)c2)C1. The molecular formula is C28H36F2N2O5S. The van der Waals surface area contributed by atoms with E-state index in [-0.39, 0.29) is 34.9 Å². The fraction of sp³-hybridized carbons (Fsp3) is 0.536. The monoisotopic (exact) mass is 550 g/mol. The standard InChI is InChI=1S/C28H36F2N2O5S/c1-37-19-27(28(33)34)32-17-22(26(18-32)21-3-2-4-24(30)15-21)16-31-12-9-20(10-13-31)11-14-38(35,36)25-7-5-23(29)6-8-25/h2-8,15,20,22,26-27H,9-14,16-19H2,1H3,(H,33,34)/t22-,26+,27+/m0/s1. The Morgan fingerprint density at radius 1 is 1.08 bits per heavy atom. The molecule has 0 amide bonds. The van der Waals surface area contributed by atoms with Crippen LogP contribution in [-0.4, -0.2) is 87.5 Å². The van der Waals surface area contributed by atoms with Gasteiger partial charge in [0, 0.05) is 32.7 Å². The predicted octanol–water partition coefficient (Wildman–Crippen LogP) is 3.66. The van der Waals surface area contributed by atoms with Crippen LogP contribution in [0.5, 0.6) is 0 Å². The highest BCUT2D eigenvalue weighted by molar-refractivity contribution is 7.91. The molecule has 2 aliphatic rings. The van der Waals surface area contributed by atoms with Crippen molar-refractivity contribution in [2.45, 2.75) is 36.1 Å². The van der Waals surface area contributed by atoms with Crippen molar-refractivity contribution < 1.29 is 31.8 Å². The minimum Gasteiger partial charge on any atom is -0.480 e. The van der Waals surface area contributed by atoms with Gasteiger partial charge in [-0.05, 0) is 86.1 Å². The molecule has 208 valence electrons. The summed E-state index contributed by atoms with van der Waals surface area (Å²) in [4.78, 5) is 16.3. The summed E-state index contributed by atoms with van der Waals surface area (Å²) in [6.07, 6.45) is 2.32. The van der Waals surface area contributed by atoms with E-state index in [0.29, 0.717) is 25.4 Å². The lowest BCUT2D eigenvalue weighted by atomic mass is 9.87. The molecule has 2 aromatic carbocycles. The molecule has 0 radical (unpaired) electrons. The Hall–Kier alpha value is -2.40. The summed E-state index contributed by atoms with van der Waals surface area (Å²) >= 11 is 0. The zero-order valence-electron chi connectivity index (χ0n) is 21.6. The lowest BCUT2D eigenvalue weighted by Gasteiger charge is -2.34. The first-order valence-corrected chi connectivity index (χ1v) is 14.7. The molecule has 7 nitrogen and oxygen atoms in total. The Bertz CT molecular complexity index is 1190. The second-order valence-corrected chi connectivity index (χ2v) is 12.6. The molecule has 0 saturated carbocycles. The number of hydrogen-bond donors (Lipinski definition) is 1. The first-order valence-electron chi connectivity index (χ1n) is 13.1. The van der Waals surface area contributed by atoms with Gasteiger partial charge in [0.1, 0.15) is 17.7 Å². The number of carbonyl (C=O) groups is 1. The van der Waals surface area contributed by atoms with Crippen molar-refractivity contribution in [3.05, 3.63) is 65.7 Å². The number of carboxylic acid groups (broad SMARTS) is 1. The molecular weight excluding hydrogens is 514 g/mol. The molecule has 0 spiro atoms. The summed E-state index contributed by atoms with van der Waals surface area (Å²) in [5.41, 5.74) is 0.875. The predicted molar refractivity (Wildman–Crippen MR) is 140 cm³/mol. The summed E-state index contributed by atoms with van der Waals surface area (Å²) in [6, 6.07) is 10.8. The normalized spacial score (nSPS) is 22.5. The molecule has 4 rings (SSSR count). The Morgan fingerprint density at radius 3 is 2.42 bits per heavy atom. The number of aliphatic carboxylic acids is 1. The van der Waals surface area contributed by atoms with Gasteiger partial charge in [-0.3, -0.25) is 9.69 Å². The number of ether oxygens (including phenoxy) is 1. The highest BCUT2D eigenvalue weighted by Crippen LogP contribution is 2.36. The number of rotatable bonds is 11. The first-order chi connectivity index (χ1) is 18.2. The number of benzene rings is 2. The van der Waals surface area contributed by atoms with E-state index in [2.05, 4.69) is 4.90 Å². The van der Waals surface area contributed by atoms with E-state index in [4.69, 9.17) is 4.74 Å². The van der Waals surface area contributed by atoms with Gasteiger partial charge in [0.25, 0.3) is 0 Å². The van der Waals surface area contributed by atoms with Gasteiger partial charge in [-0.1, -0.05) is 12.1 Å². The van der Waals surface area contributed by atoms with Crippen molar-refractivity contribution in [2.75, 3.05) is 52.2 Å². The molecule has 0 bridgehead atoms.